The first-order valence-corrected chi connectivity index (χ1v) is 9.23. The number of hydrogen-bond acceptors (Lipinski definition) is 5. The number of carboxylic acid groups (broad SMARTS) is 1. The van der Waals surface area contributed by atoms with E-state index in [-0.39, 0.29) is 43.0 Å². The minimum atomic E-state index is -1.32. The molecule has 0 spiro atoms. The molecule has 9 heteroatoms. The van der Waals surface area contributed by atoms with E-state index in [1.807, 2.05) is 0 Å². The van der Waals surface area contributed by atoms with Crippen LogP contribution < -0.4 is 5.73 Å². The molecule has 2 aliphatic rings. The number of halogens is 2. The second-order valence-corrected chi connectivity index (χ2v) is 8.71. The van der Waals surface area contributed by atoms with Crippen molar-refractivity contribution in [3.8, 4) is 0 Å². The molecule has 1 heterocycles. The highest BCUT2D eigenvalue weighted by atomic mass is 35.5. The fourth-order valence-corrected chi connectivity index (χ4v) is 4.24. The lowest BCUT2D eigenvalue weighted by molar-refractivity contribution is -0.148. The highest BCUT2D eigenvalue weighted by Crippen LogP contribution is 2.39. The van der Waals surface area contributed by atoms with Crippen LogP contribution in [0.15, 0.2) is 0 Å². The molecule has 2 rings (SSSR count). The van der Waals surface area contributed by atoms with Crippen LogP contribution in [0.2, 0.25) is 6.32 Å². The molecule has 0 aromatic heterocycles. The molecule has 5 N–H and O–H groups in total. The maximum absolute atomic E-state index is 11.9. The van der Waals surface area contributed by atoms with Crippen LogP contribution in [0.1, 0.15) is 52.4 Å². The first kappa shape index (κ1) is 26.0. The second-order valence-electron chi connectivity index (χ2n) is 8.71. The normalized spacial score (nSPS) is 31.4. The predicted octanol–water partition coefficient (Wildman–Crippen LogP) is 2.01. The van der Waals surface area contributed by atoms with Gasteiger partial charge in [-0.2, -0.15) is 0 Å². The zero-order valence-electron chi connectivity index (χ0n) is 15.9. The van der Waals surface area contributed by atoms with Gasteiger partial charge in [0.1, 0.15) is 5.54 Å². The summed E-state index contributed by atoms with van der Waals surface area (Å²) in [4.78, 5) is 14.2. The molecule has 6 nitrogen and oxygen atoms in total. The van der Waals surface area contributed by atoms with Crippen LogP contribution in [0.4, 0.5) is 0 Å². The summed E-state index contributed by atoms with van der Waals surface area (Å²) in [5.41, 5.74) is 5.54. The minimum Gasteiger partial charge on any atom is -0.480 e. The molecule has 0 aromatic rings. The third kappa shape index (κ3) is 6.84. The molecule has 1 saturated heterocycles. The number of likely N-dealkylation sites (tertiary alicyclic amines) is 1. The Bertz CT molecular complexity index is 446. The number of piperidine rings is 1. The fraction of sp³-hybridized carbons (Fsp3) is 0.941. The van der Waals surface area contributed by atoms with E-state index in [1.54, 1.807) is 0 Å². The highest BCUT2D eigenvalue weighted by Gasteiger charge is 2.47. The molecule has 3 unspecified atom stereocenters. The number of carbonyl (C=O) groups is 1. The number of nitrogens with zero attached hydrogens (tertiary/aromatic N) is 1. The lowest BCUT2D eigenvalue weighted by Gasteiger charge is -2.45. The molecule has 0 aromatic carbocycles. The van der Waals surface area contributed by atoms with Crippen molar-refractivity contribution in [2.45, 2.75) is 64.2 Å². The number of nitrogens with two attached hydrogens (primary N) is 1. The molecule has 26 heavy (non-hydrogen) atoms. The van der Waals surface area contributed by atoms with Gasteiger partial charge in [-0.05, 0) is 62.8 Å². The van der Waals surface area contributed by atoms with E-state index >= 15 is 0 Å². The van der Waals surface area contributed by atoms with Crippen LogP contribution in [0, 0.1) is 17.3 Å². The van der Waals surface area contributed by atoms with Crippen molar-refractivity contribution >= 4 is 37.9 Å². The smallest absolute Gasteiger partial charge is 0.451 e. The van der Waals surface area contributed by atoms with Gasteiger partial charge in [-0.3, -0.25) is 4.79 Å². The van der Waals surface area contributed by atoms with Crippen LogP contribution in [0.25, 0.3) is 0 Å². The van der Waals surface area contributed by atoms with Gasteiger partial charge < -0.3 is 25.8 Å². The number of rotatable bonds is 6. The summed E-state index contributed by atoms with van der Waals surface area (Å²) in [5.74, 6) is -0.796. The number of carboxylic acids is 1. The Balaban J connectivity index is 0.00000312. The number of hydrogen-bond donors (Lipinski definition) is 4. The minimum absolute atomic E-state index is 0. The summed E-state index contributed by atoms with van der Waals surface area (Å²) < 4.78 is 0. The molecule has 1 aliphatic heterocycles. The van der Waals surface area contributed by atoms with Crippen molar-refractivity contribution in [3.05, 3.63) is 0 Å². The summed E-state index contributed by atoms with van der Waals surface area (Å²) in [5, 5.41) is 27.8. The average molecular weight is 413 g/mol. The molecule has 0 radical (unpaired) electrons. The predicted molar refractivity (Wildman–Crippen MR) is 109 cm³/mol. The monoisotopic (exact) mass is 412 g/mol. The van der Waals surface area contributed by atoms with Gasteiger partial charge in [-0.15, -0.1) is 24.8 Å². The van der Waals surface area contributed by atoms with E-state index in [2.05, 4.69) is 18.7 Å². The van der Waals surface area contributed by atoms with Crippen molar-refractivity contribution < 1.29 is 19.9 Å². The van der Waals surface area contributed by atoms with Gasteiger partial charge in [-0.1, -0.05) is 20.3 Å². The molecule has 2 fully saturated rings. The highest BCUT2D eigenvalue weighted by molar-refractivity contribution is 6.40. The van der Waals surface area contributed by atoms with Crippen LogP contribution >= 0.6 is 24.8 Å². The van der Waals surface area contributed by atoms with Crippen LogP contribution in [-0.4, -0.2) is 58.3 Å². The summed E-state index contributed by atoms with van der Waals surface area (Å²) >= 11 is 0. The van der Waals surface area contributed by atoms with E-state index in [0.29, 0.717) is 18.3 Å². The van der Waals surface area contributed by atoms with Gasteiger partial charge in [0.05, 0.1) is 0 Å². The number of aliphatic carboxylic acids is 1. The Hall–Kier alpha value is -0.0451. The molecule has 1 aliphatic carbocycles. The molecule has 1 saturated carbocycles. The van der Waals surface area contributed by atoms with Gasteiger partial charge >= 0.3 is 13.1 Å². The third-order valence-electron chi connectivity index (χ3n) is 6.20. The van der Waals surface area contributed by atoms with Crippen LogP contribution in [0.5, 0.6) is 0 Å². The summed E-state index contributed by atoms with van der Waals surface area (Å²) in [6, 6.07) is 0. The molecular formula is C17H35BCl2N2O4. The van der Waals surface area contributed by atoms with Crippen molar-refractivity contribution in [1.29, 1.82) is 0 Å². The van der Waals surface area contributed by atoms with Gasteiger partial charge in [0.2, 0.25) is 0 Å². The van der Waals surface area contributed by atoms with Crippen molar-refractivity contribution in [2.75, 3.05) is 19.6 Å². The fourth-order valence-electron chi connectivity index (χ4n) is 4.24. The summed E-state index contributed by atoms with van der Waals surface area (Å²) in [6.45, 7) is 7.36. The molecular weight excluding hydrogens is 378 g/mol. The molecule has 154 valence electrons. The molecule has 0 amide bonds. The van der Waals surface area contributed by atoms with Crippen molar-refractivity contribution in [1.82, 2.24) is 4.90 Å². The van der Waals surface area contributed by atoms with E-state index in [4.69, 9.17) is 15.8 Å². The van der Waals surface area contributed by atoms with Crippen molar-refractivity contribution in [3.63, 3.8) is 0 Å². The Morgan fingerprint density at radius 3 is 2.27 bits per heavy atom. The maximum atomic E-state index is 11.9. The zero-order valence-corrected chi connectivity index (χ0v) is 17.5. The van der Waals surface area contributed by atoms with E-state index in [1.165, 1.54) is 0 Å². The lowest BCUT2D eigenvalue weighted by Crippen LogP contribution is -2.60. The topological polar surface area (TPSA) is 107 Å². The SMILES string of the molecule is CC1(C)CCN(CC2CCC(CCB(O)O)CC2(N)C(=O)O)CC1.Cl.Cl. The van der Waals surface area contributed by atoms with Gasteiger partial charge in [0, 0.05) is 12.5 Å². The van der Waals surface area contributed by atoms with Crippen LogP contribution in [-0.2, 0) is 4.79 Å². The van der Waals surface area contributed by atoms with Gasteiger partial charge in [0.25, 0.3) is 0 Å². The third-order valence-corrected chi connectivity index (χ3v) is 6.20. The lowest BCUT2D eigenvalue weighted by atomic mass is 9.66. The summed E-state index contributed by atoms with van der Waals surface area (Å²) in [6.07, 6.45) is 5.33. The maximum Gasteiger partial charge on any atom is 0.451 e. The Labute approximate surface area is 169 Å². The molecule has 3 atom stereocenters. The second kappa shape index (κ2) is 10.5. The van der Waals surface area contributed by atoms with Gasteiger partial charge in [-0.25, -0.2) is 0 Å². The Kier molecular flexibility index (Phi) is 10.5. The zero-order chi connectivity index (χ0) is 18.0. The van der Waals surface area contributed by atoms with E-state index in [9.17, 15) is 9.90 Å². The first-order valence-electron chi connectivity index (χ1n) is 9.23. The van der Waals surface area contributed by atoms with Gasteiger partial charge in [0.15, 0.2) is 0 Å². The Morgan fingerprint density at radius 2 is 1.77 bits per heavy atom. The summed E-state index contributed by atoms with van der Waals surface area (Å²) in [7, 11) is -1.32. The quantitative estimate of drug-likeness (QED) is 0.497. The standard InChI is InChI=1S/C17H33BN2O4.2ClH/c1-16(2)6-9-20(10-7-16)12-14-4-3-13(5-8-18(23)24)11-17(14,19)15(21)22;;/h13-14,23-24H,3-12,19H2,1-2H3,(H,21,22);2*1H. The van der Waals surface area contributed by atoms with Crippen LogP contribution in [0.3, 0.4) is 0 Å². The van der Waals surface area contributed by atoms with Crippen molar-refractivity contribution in [2.24, 2.45) is 23.0 Å². The van der Waals surface area contributed by atoms with E-state index < -0.39 is 18.6 Å². The van der Waals surface area contributed by atoms with E-state index in [0.717, 1.165) is 45.3 Å². The largest absolute Gasteiger partial charge is 0.480 e. The Morgan fingerprint density at radius 1 is 1.19 bits per heavy atom. The molecule has 0 bridgehead atoms. The first-order chi connectivity index (χ1) is 11.1. The average Bonchev–Trinajstić information content (AvgIpc) is 2.49.